The normalized spacial score (nSPS) is 23.6. The van der Waals surface area contributed by atoms with Crippen LogP contribution >= 0.6 is 0 Å². The molecule has 0 unspecified atom stereocenters. The molecule has 0 bridgehead atoms. The Labute approximate surface area is 156 Å². The number of piperidine rings is 1. The van der Waals surface area contributed by atoms with Gasteiger partial charge in [0.2, 0.25) is 0 Å². The first-order valence-electron chi connectivity index (χ1n) is 9.83. The highest BCUT2D eigenvalue weighted by Gasteiger charge is 2.30. The van der Waals surface area contributed by atoms with Crippen LogP contribution in [0.5, 0.6) is 11.5 Å². The third-order valence-electron chi connectivity index (χ3n) is 5.96. The summed E-state index contributed by atoms with van der Waals surface area (Å²) in [4.78, 5) is 2.67. The number of ether oxygens (including phenoxy) is 2. The van der Waals surface area contributed by atoms with Gasteiger partial charge in [0.25, 0.3) is 0 Å². The summed E-state index contributed by atoms with van der Waals surface area (Å²) in [5.41, 5.74) is 3.11. The molecule has 0 radical (unpaired) electrons. The van der Waals surface area contributed by atoms with Gasteiger partial charge in [0.15, 0.2) is 11.5 Å². The number of hydrogen-bond acceptors (Lipinski definition) is 3. The minimum Gasteiger partial charge on any atom is -0.493 e. The second-order valence-corrected chi connectivity index (χ2v) is 7.80. The second-order valence-electron chi connectivity index (χ2n) is 7.80. The lowest BCUT2D eigenvalue weighted by molar-refractivity contribution is 0.0528. The fourth-order valence-corrected chi connectivity index (χ4v) is 4.56. The molecule has 3 nitrogen and oxygen atoms in total. The van der Waals surface area contributed by atoms with Gasteiger partial charge in [-0.05, 0) is 61.8 Å². The number of rotatable bonds is 5. The van der Waals surface area contributed by atoms with Crippen LogP contribution in [0.25, 0.3) is 0 Å². The molecule has 1 heterocycles. The Morgan fingerprint density at radius 2 is 1.62 bits per heavy atom. The third kappa shape index (κ3) is 3.73. The van der Waals surface area contributed by atoms with Gasteiger partial charge in [0.1, 0.15) is 6.10 Å². The first-order chi connectivity index (χ1) is 12.7. The summed E-state index contributed by atoms with van der Waals surface area (Å²) < 4.78 is 11.7. The molecule has 138 valence electrons. The van der Waals surface area contributed by atoms with E-state index >= 15 is 0 Å². The van der Waals surface area contributed by atoms with E-state index in [1.54, 1.807) is 18.2 Å². The molecule has 0 spiro atoms. The van der Waals surface area contributed by atoms with E-state index in [0.29, 0.717) is 6.04 Å². The Morgan fingerprint density at radius 3 is 2.27 bits per heavy atom. The summed E-state index contributed by atoms with van der Waals surface area (Å²) in [5, 5.41) is 0. The van der Waals surface area contributed by atoms with Crippen LogP contribution < -0.4 is 9.47 Å². The highest BCUT2D eigenvalue weighted by molar-refractivity contribution is 5.39. The van der Waals surface area contributed by atoms with Crippen molar-refractivity contribution in [1.29, 1.82) is 0 Å². The molecule has 4 rings (SSSR count). The van der Waals surface area contributed by atoms with E-state index in [1.165, 1.54) is 19.4 Å². The third-order valence-corrected chi connectivity index (χ3v) is 5.96. The molecule has 2 aliphatic rings. The molecule has 2 atom stereocenters. The van der Waals surface area contributed by atoms with Gasteiger partial charge in [0.05, 0.1) is 7.11 Å². The predicted octanol–water partition coefficient (Wildman–Crippen LogP) is 4.34. The van der Waals surface area contributed by atoms with Crippen LogP contribution in [0.1, 0.15) is 30.9 Å². The van der Waals surface area contributed by atoms with Gasteiger partial charge >= 0.3 is 0 Å². The summed E-state index contributed by atoms with van der Waals surface area (Å²) in [6.45, 7) is 4.67. The fourth-order valence-electron chi connectivity index (χ4n) is 4.56. The van der Waals surface area contributed by atoms with E-state index in [1.807, 2.05) is 24.3 Å². The number of methoxy groups -OCH3 is 1. The van der Waals surface area contributed by atoms with Crippen molar-refractivity contribution in [1.82, 2.24) is 4.90 Å². The van der Waals surface area contributed by atoms with Gasteiger partial charge in [-0.3, -0.25) is 0 Å². The smallest absolute Gasteiger partial charge is 0.161 e. The van der Waals surface area contributed by atoms with E-state index in [4.69, 9.17) is 9.47 Å². The number of para-hydroxylation sites is 2. The second kappa shape index (κ2) is 7.71. The zero-order valence-corrected chi connectivity index (χ0v) is 15.9. The van der Waals surface area contributed by atoms with Crippen molar-refractivity contribution < 1.29 is 9.47 Å². The van der Waals surface area contributed by atoms with Gasteiger partial charge in [-0.2, -0.15) is 0 Å². The lowest BCUT2D eigenvalue weighted by Crippen LogP contribution is -2.46. The summed E-state index contributed by atoms with van der Waals surface area (Å²) >= 11 is 0. The van der Waals surface area contributed by atoms with Crippen LogP contribution in [0.2, 0.25) is 0 Å². The van der Waals surface area contributed by atoms with Gasteiger partial charge in [-0.25, -0.2) is 0 Å². The van der Waals surface area contributed by atoms with E-state index in [2.05, 4.69) is 36.1 Å². The zero-order valence-electron chi connectivity index (χ0n) is 15.9. The Hall–Kier alpha value is -2.00. The average molecular weight is 351 g/mol. The molecule has 2 aromatic rings. The van der Waals surface area contributed by atoms with Crippen LogP contribution in [0.15, 0.2) is 48.5 Å². The quantitative estimate of drug-likeness (QED) is 0.800. The maximum absolute atomic E-state index is 6.27. The Bertz CT molecular complexity index is 719. The lowest BCUT2D eigenvalue weighted by Gasteiger charge is -2.39. The monoisotopic (exact) mass is 351 g/mol. The van der Waals surface area contributed by atoms with Crippen LogP contribution in [0.3, 0.4) is 0 Å². The molecule has 26 heavy (non-hydrogen) atoms. The Morgan fingerprint density at radius 1 is 0.962 bits per heavy atom. The number of nitrogens with zero attached hydrogens (tertiary/aromatic N) is 1. The molecule has 0 aromatic heterocycles. The molecular formula is C23H29NO2. The van der Waals surface area contributed by atoms with E-state index in [0.717, 1.165) is 36.8 Å². The van der Waals surface area contributed by atoms with Crippen LogP contribution in [0.4, 0.5) is 0 Å². The molecule has 1 fully saturated rings. The van der Waals surface area contributed by atoms with Gasteiger partial charge in [-0.15, -0.1) is 0 Å². The molecule has 0 N–H and O–H groups in total. The summed E-state index contributed by atoms with van der Waals surface area (Å²) in [5.74, 6) is 2.46. The number of likely N-dealkylation sites (tertiary alicyclic amines) is 1. The zero-order chi connectivity index (χ0) is 17.9. The molecule has 1 aliphatic carbocycles. The molecule has 2 aromatic carbocycles. The molecule has 0 saturated carbocycles. The minimum absolute atomic E-state index is 0.276. The molecule has 3 heteroatoms. The van der Waals surface area contributed by atoms with E-state index in [9.17, 15) is 0 Å². The SMILES string of the molecule is COc1ccccc1O[C@H]1CCN(CC2Cc3ccccc3C2)[C@@H](C)C1. The van der Waals surface area contributed by atoms with Crippen molar-refractivity contribution in [3.05, 3.63) is 59.7 Å². The predicted molar refractivity (Wildman–Crippen MR) is 105 cm³/mol. The van der Waals surface area contributed by atoms with Gasteiger partial charge < -0.3 is 14.4 Å². The maximum atomic E-state index is 6.27. The lowest BCUT2D eigenvalue weighted by atomic mass is 9.97. The van der Waals surface area contributed by atoms with Crippen molar-refractivity contribution in [2.45, 2.75) is 44.8 Å². The van der Waals surface area contributed by atoms with E-state index in [-0.39, 0.29) is 6.10 Å². The van der Waals surface area contributed by atoms with Crippen LogP contribution in [-0.2, 0) is 12.8 Å². The molecule has 1 saturated heterocycles. The van der Waals surface area contributed by atoms with Crippen LogP contribution in [0, 0.1) is 5.92 Å². The fraction of sp³-hybridized carbons (Fsp3) is 0.478. The van der Waals surface area contributed by atoms with Crippen molar-refractivity contribution in [3.8, 4) is 11.5 Å². The molecular weight excluding hydrogens is 322 g/mol. The number of benzene rings is 2. The van der Waals surface area contributed by atoms with Crippen LogP contribution in [-0.4, -0.2) is 37.2 Å². The van der Waals surface area contributed by atoms with Gasteiger partial charge in [0, 0.05) is 19.1 Å². The maximum Gasteiger partial charge on any atom is 0.161 e. The summed E-state index contributed by atoms with van der Waals surface area (Å²) in [6.07, 6.45) is 4.92. The van der Waals surface area contributed by atoms with Crippen molar-refractivity contribution in [3.63, 3.8) is 0 Å². The highest BCUT2D eigenvalue weighted by atomic mass is 16.5. The number of hydrogen-bond donors (Lipinski definition) is 0. The van der Waals surface area contributed by atoms with Crippen molar-refractivity contribution in [2.24, 2.45) is 5.92 Å². The summed E-state index contributed by atoms with van der Waals surface area (Å²) in [6, 6.07) is 17.5. The number of fused-ring (bicyclic) bond motifs is 1. The standard InChI is InChI=1S/C23H29NO2/c1-17-13-21(26-23-10-6-5-9-22(23)25-2)11-12-24(17)16-18-14-19-7-3-4-8-20(19)15-18/h3-10,17-18,21H,11-16H2,1-2H3/t17-,21-/m0/s1. The largest absolute Gasteiger partial charge is 0.493 e. The van der Waals surface area contributed by atoms with Crippen molar-refractivity contribution in [2.75, 3.05) is 20.2 Å². The van der Waals surface area contributed by atoms with Crippen molar-refractivity contribution >= 4 is 0 Å². The Balaban J connectivity index is 1.31. The highest BCUT2D eigenvalue weighted by Crippen LogP contribution is 2.32. The molecule has 1 aliphatic heterocycles. The first kappa shape index (κ1) is 17.4. The average Bonchev–Trinajstić information content (AvgIpc) is 3.07. The Kier molecular flexibility index (Phi) is 5.16. The molecule has 0 amide bonds. The topological polar surface area (TPSA) is 21.7 Å². The summed E-state index contributed by atoms with van der Waals surface area (Å²) in [7, 11) is 1.70. The first-order valence-corrected chi connectivity index (χ1v) is 9.83. The minimum atomic E-state index is 0.276. The van der Waals surface area contributed by atoms with Gasteiger partial charge in [-0.1, -0.05) is 36.4 Å². The van der Waals surface area contributed by atoms with E-state index < -0.39 is 0 Å².